The van der Waals surface area contributed by atoms with Crippen molar-refractivity contribution >= 4 is 16.8 Å². The Kier molecular flexibility index (Phi) is 5.80. The Morgan fingerprint density at radius 1 is 1.00 bits per heavy atom. The van der Waals surface area contributed by atoms with Crippen LogP contribution in [0.15, 0.2) is 66.7 Å². The van der Waals surface area contributed by atoms with Gasteiger partial charge in [0.05, 0.1) is 16.8 Å². The molecule has 1 heterocycles. The highest BCUT2D eigenvalue weighted by Gasteiger charge is 2.10. The first-order valence-corrected chi connectivity index (χ1v) is 10.2. The second kappa shape index (κ2) is 8.82. The number of hydrogen-bond donors (Lipinski definition) is 3. The van der Waals surface area contributed by atoms with E-state index in [1.807, 2.05) is 0 Å². The monoisotopic (exact) mass is 399 g/mol. The van der Waals surface area contributed by atoms with Crippen LogP contribution in [-0.2, 0) is 6.42 Å². The van der Waals surface area contributed by atoms with Gasteiger partial charge in [-0.2, -0.15) is 5.10 Å². The van der Waals surface area contributed by atoms with Gasteiger partial charge in [-0.25, -0.2) is 0 Å². The van der Waals surface area contributed by atoms with Crippen LogP contribution in [0, 0.1) is 6.92 Å². The molecule has 152 valence electrons. The average Bonchev–Trinajstić information content (AvgIpc) is 3.16. The number of rotatable bonds is 7. The zero-order valence-electron chi connectivity index (χ0n) is 17.0. The quantitative estimate of drug-likeness (QED) is 0.383. The topological polar surface area (TPSA) is 78.0 Å². The number of nitrogens with one attached hydrogen (secondary N) is 2. The summed E-state index contributed by atoms with van der Waals surface area (Å²) in [5.41, 5.74) is 6.01. The van der Waals surface area contributed by atoms with Gasteiger partial charge in [-0.3, -0.25) is 9.89 Å². The molecule has 5 nitrogen and oxygen atoms in total. The van der Waals surface area contributed by atoms with Crippen molar-refractivity contribution in [1.29, 1.82) is 0 Å². The fourth-order valence-electron chi connectivity index (χ4n) is 3.57. The zero-order valence-corrected chi connectivity index (χ0v) is 17.0. The van der Waals surface area contributed by atoms with Gasteiger partial charge in [0.1, 0.15) is 5.75 Å². The molecule has 1 amide bonds. The molecule has 3 N–H and O–H groups in total. The molecular weight excluding hydrogens is 374 g/mol. The van der Waals surface area contributed by atoms with Crippen LogP contribution in [0.2, 0.25) is 0 Å². The van der Waals surface area contributed by atoms with Crippen LogP contribution in [0.4, 0.5) is 0 Å². The number of aromatic nitrogens is 2. The molecule has 0 saturated heterocycles. The number of phenols is 1. The SMILES string of the molecule is Cc1ccc(-c2ccc3c(CCCCNC(=O)c4ccccc4O)n[nH]c3c2)cc1. The van der Waals surface area contributed by atoms with E-state index in [2.05, 4.69) is 64.9 Å². The molecule has 0 aliphatic rings. The molecule has 0 saturated carbocycles. The van der Waals surface area contributed by atoms with E-state index < -0.39 is 0 Å². The number of benzene rings is 3. The summed E-state index contributed by atoms with van der Waals surface area (Å²) < 4.78 is 0. The summed E-state index contributed by atoms with van der Waals surface area (Å²) in [5, 5.41) is 21.4. The van der Waals surface area contributed by atoms with Gasteiger partial charge >= 0.3 is 0 Å². The van der Waals surface area contributed by atoms with Crippen LogP contribution in [0.3, 0.4) is 0 Å². The molecule has 0 bridgehead atoms. The number of aryl methyl sites for hydroxylation is 2. The molecule has 3 aromatic carbocycles. The summed E-state index contributed by atoms with van der Waals surface area (Å²) in [7, 11) is 0. The van der Waals surface area contributed by atoms with E-state index in [0.717, 1.165) is 35.9 Å². The Bertz CT molecular complexity index is 1160. The molecule has 0 atom stereocenters. The third kappa shape index (κ3) is 4.35. The van der Waals surface area contributed by atoms with Crippen molar-refractivity contribution in [2.24, 2.45) is 0 Å². The van der Waals surface area contributed by atoms with Crippen LogP contribution < -0.4 is 5.32 Å². The van der Waals surface area contributed by atoms with Crippen molar-refractivity contribution in [2.45, 2.75) is 26.2 Å². The van der Waals surface area contributed by atoms with Gasteiger partial charge in [0, 0.05) is 11.9 Å². The number of unbranched alkanes of at least 4 members (excludes halogenated alkanes) is 1. The number of aromatic hydroxyl groups is 1. The Balaban J connectivity index is 1.32. The van der Waals surface area contributed by atoms with Gasteiger partial charge in [-0.15, -0.1) is 0 Å². The second-order valence-electron chi connectivity index (χ2n) is 7.53. The number of H-pyrrole nitrogens is 1. The van der Waals surface area contributed by atoms with Crippen molar-refractivity contribution in [3.63, 3.8) is 0 Å². The number of fused-ring (bicyclic) bond motifs is 1. The van der Waals surface area contributed by atoms with E-state index in [9.17, 15) is 9.90 Å². The molecule has 0 aliphatic heterocycles. The van der Waals surface area contributed by atoms with Crippen molar-refractivity contribution in [1.82, 2.24) is 15.5 Å². The van der Waals surface area contributed by atoms with Gasteiger partial charge in [-0.05, 0) is 55.5 Å². The molecule has 0 aliphatic carbocycles. The third-order valence-electron chi connectivity index (χ3n) is 5.30. The fraction of sp³-hybridized carbons (Fsp3) is 0.200. The minimum atomic E-state index is -0.248. The number of aromatic amines is 1. The summed E-state index contributed by atoms with van der Waals surface area (Å²) in [6.07, 6.45) is 2.60. The Morgan fingerprint density at radius 2 is 1.77 bits per heavy atom. The fourth-order valence-corrected chi connectivity index (χ4v) is 3.57. The van der Waals surface area contributed by atoms with Crippen LogP contribution in [-0.4, -0.2) is 27.8 Å². The molecule has 0 radical (unpaired) electrons. The predicted molar refractivity (Wildman–Crippen MR) is 120 cm³/mol. The Hall–Kier alpha value is -3.60. The molecule has 4 aromatic rings. The maximum Gasteiger partial charge on any atom is 0.255 e. The number of hydrogen-bond acceptors (Lipinski definition) is 3. The van der Waals surface area contributed by atoms with Crippen LogP contribution >= 0.6 is 0 Å². The highest BCUT2D eigenvalue weighted by atomic mass is 16.3. The van der Waals surface area contributed by atoms with E-state index in [1.54, 1.807) is 18.2 Å². The average molecular weight is 399 g/mol. The van der Waals surface area contributed by atoms with Gasteiger partial charge in [0.25, 0.3) is 5.91 Å². The van der Waals surface area contributed by atoms with E-state index in [1.165, 1.54) is 22.8 Å². The van der Waals surface area contributed by atoms with Crippen LogP contribution in [0.1, 0.15) is 34.5 Å². The number of carbonyl (C=O) groups is 1. The number of para-hydroxylation sites is 1. The Labute approximate surface area is 175 Å². The molecule has 5 heteroatoms. The van der Waals surface area contributed by atoms with Crippen molar-refractivity contribution < 1.29 is 9.90 Å². The van der Waals surface area contributed by atoms with Gasteiger partial charge in [-0.1, -0.05) is 54.1 Å². The first-order chi connectivity index (χ1) is 14.6. The lowest BCUT2D eigenvalue weighted by Gasteiger charge is -2.06. The van der Waals surface area contributed by atoms with Crippen LogP contribution in [0.5, 0.6) is 5.75 Å². The predicted octanol–water partition coefficient (Wildman–Crippen LogP) is 5.00. The highest BCUT2D eigenvalue weighted by Crippen LogP contribution is 2.26. The minimum Gasteiger partial charge on any atom is -0.507 e. The summed E-state index contributed by atoms with van der Waals surface area (Å²) >= 11 is 0. The summed E-state index contributed by atoms with van der Waals surface area (Å²) in [6.45, 7) is 2.65. The first kappa shape index (κ1) is 19.7. The number of phenolic OH excluding ortho intramolecular Hbond substituents is 1. The van der Waals surface area contributed by atoms with Gasteiger partial charge < -0.3 is 10.4 Å². The summed E-state index contributed by atoms with van der Waals surface area (Å²) in [5.74, 6) is -0.245. The molecule has 1 aromatic heterocycles. The smallest absolute Gasteiger partial charge is 0.255 e. The lowest BCUT2D eigenvalue weighted by molar-refractivity contribution is 0.0950. The van der Waals surface area contributed by atoms with E-state index in [-0.39, 0.29) is 11.7 Å². The van der Waals surface area contributed by atoms with E-state index >= 15 is 0 Å². The maximum atomic E-state index is 12.1. The Morgan fingerprint density at radius 3 is 2.57 bits per heavy atom. The van der Waals surface area contributed by atoms with Crippen molar-refractivity contribution in [3.8, 4) is 16.9 Å². The van der Waals surface area contributed by atoms with E-state index in [4.69, 9.17) is 0 Å². The molecule has 30 heavy (non-hydrogen) atoms. The maximum absolute atomic E-state index is 12.1. The first-order valence-electron chi connectivity index (χ1n) is 10.2. The molecule has 0 fully saturated rings. The normalized spacial score (nSPS) is 11.0. The zero-order chi connectivity index (χ0) is 20.9. The largest absolute Gasteiger partial charge is 0.507 e. The van der Waals surface area contributed by atoms with E-state index in [0.29, 0.717) is 12.1 Å². The molecular formula is C25H25N3O2. The van der Waals surface area contributed by atoms with Crippen molar-refractivity contribution in [2.75, 3.05) is 6.54 Å². The second-order valence-corrected chi connectivity index (χ2v) is 7.53. The highest BCUT2D eigenvalue weighted by molar-refractivity contribution is 5.96. The lowest BCUT2D eigenvalue weighted by Crippen LogP contribution is -2.24. The third-order valence-corrected chi connectivity index (χ3v) is 5.30. The standard InChI is InChI=1S/C25H25N3O2/c1-17-9-11-18(12-10-17)19-13-14-20-22(27-28-23(20)16-19)7-4-5-15-26-25(30)21-6-2-3-8-24(21)29/h2-3,6,8-14,16,29H,4-5,7,15H2,1H3,(H,26,30)(H,27,28). The summed E-state index contributed by atoms with van der Waals surface area (Å²) in [6, 6.07) is 21.5. The van der Waals surface area contributed by atoms with Gasteiger partial charge in [0.15, 0.2) is 0 Å². The molecule has 0 unspecified atom stereocenters. The molecule has 0 spiro atoms. The number of amides is 1. The van der Waals surface area contributed by atoms with Crippen molar-refractivity contribution in [3.05, 3.63) is 83.6 Å². The number of nitrogens with zero attached hydrogens (tertiary/aromatic N) is 1. The summed E-state index contributed by atoms with van der Waals surface area (Å²) in [4.78, 5) is 12.1. The minimum absolute atomic E-state index is 0.00278. The number of carbonyl (C=O) groups excluding carboxylic acids is 1. The lowest BCUT2D eigenvalue weighted by atomic mass is 10.0. The van der Waals surface area contributed by atoms with Crippen LogP contribution in [0.25, 0.3) is 22.0 Å². The van der Waals surface area contributed by atoms with Gasteiger partial charge in [0.2, 0.25) is 0 Å². The molecule has 4 rings (SSSR count).